The van der Waals surface area contributed by atoms with Gasteiger partial charge in [0.2, 0.25) is 0 Å². The summed E-state index contributed by atoms with van der Waals surface area (Å²) in [7, 11) is 1.80. The molecule has 0 atom stereocenters. The molecule has 106 valence electrons. The first-order chi connectivity index (χ1) is 9.42. The molecule has 0 radical (unpaired) electrons. The minimum atomic E-state index is -1.09. The Bertz CT molecular complexity index is 667. The highest BCUT2D eigenvalue weighted by molar-refractivity contribution is 6.34. The van der Waals surface area contributed by atoms with Crippen LogP contribution in [0.15, 0.2) is 18.3 Å². The fourth-order valence-corrected chi connectivity index (χ4v) is 2.23. The molecular weight excluding hydrogens is 280 g/mol. The van der Waals surface area contributed by atoms with Crippen molar-refractivity contribution < 1.29 is 9.90 Å². The number of nitrogen functional groups attached to an aromatic ring is 1. The molecule has 0 aliphatic carbocycles. The molecule has 0 saturated carbocycles. The second kappa shape index (κ2) is 5.42. The zero-order valence-corrected chi connectivity index (χ0v) is 11.9. The van der Waals surface area contributed by atoms with E-state index in [1.165, 1.54) is 12.1 Å². The maximum absolute atomic E-state index is 11.3. The van der Waals surface area contributed by atoms with Crippen LogP contribution in [0.3, 0.4) is 0 Å². The van der Waals surface area contributed by atoms with E-state index < -0.39 is 5.97 Å². The fourth-order valence-electron chi connectivity index (χ4n) is 1.96. The van der Waals surface area contributed by atoms with Crippen molar-refractivity contribution in [3.05, 3.63) is 34.6 Å². The SMILES string of the molecule is CCc1nn(C)cc1Nc1c(Cl)cc(N)cc1C(=O)O. The molecule has 6 nitrogen and oxygen atoms in total. The van der Waals surface area contributed by atoms with Crippen LogP contribution in [0.2, 0.25) is 5.02 Å². The summed E-state index contributed by atoms with van der Waals surface area (Å²) in [5.41, 5.74) is 7.83. The number of carboxylic acid groups (broad SMARTS) is 1. The average Bonchev–Trinajstić information content (AvgIpc) is 2.72. The standard InChI is InChI=1S/C13H15ClN4O2/c1-3-10-11(6-18(2)17-10)16-12-8(13(19)20)4-7(15)5-9(12)14/h4-6,16H,3,15H2,1-2H3,(H,19,20). The molecule has 0 unspecified atom stereocenters. The van der Waals surface area contributed by atoms with Crippen LogP contribution < -0.4 is 11.1 Å². The van der Waals surface area contributed by atoms with Gasteiger partial charge in [0.05, 0.1) is 27.7 Å². The number of carbonyl (C=O) groups is 1. The normalized spacial score (nSPS) is 10.6. The van der Waals surface area contributed by atoms with Crippen LogP contribution in [0, 0.1) is 0 Å². The molecular formula is C13H15ClN4O2. The first kappa shape index (κ1) is 14.2. The Labute approximate surface area is 121 Å². The van der Waals surface area contributed by atoms with E-state index in [-0.39, 0.29) is 10.6 Å². The molecule has 0 saturated heterocycles. The Morgan fingerprint density at radius 3 is 2.85 bits per heavy atom. The van der Waals surface area contributed by atoms with Gasteiger partial charge in [-0.15, -0.1) is 0 Å². The van der Waals surface area contributed by atoms with Gasteiger partial charge in [0, 0.05) is 18.9 Å². The zero-order valence-electron chi connectivity index (χ0n) is 11.1. The van der Waals surface area contributed by atoms with Crippen molar-refractivity contribution in [3.8, 4) is 0 Å². The number of aryl methyl sites for hydroxylation is 2. The lowest BCUT2D eigenvalue weighted by Gasteiger charge is -2.12. The van der Waals surface area contributed by atoms with E-state index in [2.05, 4.69) is 10.4 Å². The summed E-state index contributed by atoms with van der Waals surface area (Å²) in [6, 6.07) is 2.89. The number of hydrogen-bond donors (Lipinski definition) is 3. The minimum Gasteiger partial charge on any atom is -0.478 e. The topological polar surface area (TPSA) is 93.2 Å². The Morgan fingerprint density at radius 2 is 2.25 bits per heavy atom. The Balaban J connectivity index is 2.50. The van der Waals surface area contributed by atoms with Gasteiger partial charge in [0.15, 0.2) is 0 Å². The fraction of sp³-hybridized carbons (Fsp3) is 0.231. The molecule has 2 aromatic rings. The molecule has 1 heterocycles. The molecule has 1 aromatic heterocycles. The molecule has 0 aliphatic rings. The molecule has 0 amide bonds. The quantitative estimate of drug-likeness (QED) is 0.754. The largest absolute Gasteiger partial charge is 0.478 e. The molecule has 0 bridgehead atoms. The number of hydrogen-bond acceptors (Lipinski definition) is 4. The van der Waals surface area contributed by atoms with E-state index in [1.54, 1.807) is 17.9 Å². The monoisotopic (exact) mass is 294 g/mol. The average molecular weight is 295 g/mol. The molecule has 0 spiro atoms. The Hall–Kier alpha value is -2.21. The summed E-state index contributed by atoms with van der Waals surface area (Å²) in [5, 5.41) is 16.8. The highest BCUT2D eigenvalue weighted by Gasteiger charge is 2.17. The first-order valence-corrected chi connectivity index (χ1v) is 6.42. The Morgan fingerprint density at radius 1 is 1.55 bits per heavy atom. The summed E-state index contributed by atoms with van der Waals surface area (Å²) >= 11 is 6.10. The predicted octanol–water partition coefficient (Wildman–Crippen LogP) is 2.66. The van der Waals surface area contributed by atoms with E-state index in [1.807, 2.05) is 6.92 Å². The highest BCUT2D eigenvalue weighted by Crippen LogP contribution is 2.32. The van der Waals surface area contributed by atoms with Crippen molar-refractivity contribution in [3.63, 3.8) is 0 Å². The van der Waals surface area contributed by atoms with Crippen molar-refractivity contribution in [2.75, 3.05) is 11.1 Å². The molecule has 2 rings (SSSR count). The summed E-state index contributed by atoms with van der Waals surface area (Å²) < 4.78 is 1.66. The van der Waals surface area contributed by atoms with E-state index in [0.717, 1.165) is 17.8 Å². The summed E-state index contributed by atoms with van der Waals surface area (Å²) in [5.74, 6) is -1.09. The second-order valence-corrected chi connectivity index (χ2v) is 4.78. The molecule has 4 N–H and O–H groups in total. The maximum atomic E-state index is 11.3. The van der Waals surface area contributed by atoms with Gasteiger partial charge >= 0.3 is 5.97 Å². The van der Waals surface area contributed by atoms with Gasteiger partial charge in [-0.2, -0.15) is 5.10 Å². The number of aromatic nitrogens is 2. The van der Waals surface area contributed by atoms with E-state index in [0.29, 0.717) is 11.4 Å². The summed E-state index contributed by atoms with van der Waals surface area (Å²) in [4.78, 5) is 11.3. The van der Waals surface area contributed by atoms with Gasteiger partial charge in [0.25, 0.3) is 0 Å². The second-order valence-electron chi connectivity index (χ2n) is 4.37. The highest BCUT2D eigenvalue weighted by atomic mass is 35.5. The van der Waals surface area contributed by atoms with Crippen LogP contribution in [0.25, 0.3) is 0 Å². The number of nitrogens with two attached hydrogens (primary N) is 1. The molecule has 0 aliphatic heterocycles. The van der Waals surface area contributed by atoms with E-state index in [4.69, 9.17) is 17.3 Å². The lowest BCUT2D eigenvalue weighted by molar-refractivity contribution is 0.0698. The van der Waals surface area contributed by atoms with Crippen LogP contribution in [-0.4, -0.2) is 20.9 Å². The van der Waals surface area contributed by atoms with E-state index in [9.17, 15) is 9.90 Å². The van der Waals surface area contributed by atoms with Crippen LogP contribution in [-0.2, 0) is 13.5 Å². The lowest BCUT2D eigenvalue weighted by atomic mass is 10.1. The summed E-state index contributed by atoms with van der Waals surface area (Å²) in [6.45, 7) is 1.97. The third-order valence-corrected chi connectivity index (χ3v) is 3.14. The van der Waals surface area contributed by atoms with Crippen molar-refractivity contribution in [2.24, 2.45) is 7.05 Å². The van der Waals surface area contributed by atoms with Crippen LogP contribution in [0.1, 0.15) is 23.0 Å². The number of rotatable bonds is 4. The molecule has 1 aromatic carbocycles. The van der Waals surface area contributed by atoms with Gasteiger partial charge in [-0.25, -0.2) is 4.79 Å². The van der Waals surface area contributed by atoms with Gasteiger partial charge in [-0.05, 0) is 18.6 Å². The van der Waals surface area contributed by atoms with Crippen molar-refractivity contribution >= 4 is 34.6 Å². The number of benzene rings is 1. The van der Waals surface area contributed by atoms with Crippen LogP contribution >= 0.6 is 11.6 Å². The van der Waals surface area contributed by atoms with Gasteiger partial charge < -0.3 is 16.2 Å². The lowest BCUT2D eigenvalue weighted by Crippen LogP contribution is -2.05. The van der Waals surface area contributed by atoms with Crippen LogP contribution in [0.4, 0.5) is 17.1 Å². The third-order valence-electron chi connectivity index (χ3n) is 2.84. The number of anilines is 3. The van der Waals surface area contributed by atoms with Gasteiger partial charge in [-0.1, -0.05) is 18.5 Å². The van der Waals surface area contributed by atoms with Gasteiger partial charge in [0.1, 0.15) is 0 Å². The first-order valence-electron chi connectivity index (χ1n) is 6.04. The minimum absolute atomic E-state index is 0.0286. The number of nitrogens with zero attached hydrogens (tertiary/aromatic N) is 2. The maximum Gasteiger partial charge on any atom is 0.337 e. The zero-order chi connectivity index (χ0) is 14.9. The number of nitrogens with one attached hydrogen (secondary N) is 1. The van der Waals surface area contributed by atoms with Crippen molar-refractivity contribution in [1.29, 1.82) is 0 Å². The van der Waals surface area contributed by atoms with Crippen molar-refractivity contribution in [2.45, 2.75) is 13.3 Å². The van der Waals surface area contributed by atoms with Gasteiger partial charge in [-0.3, -0.25) is 4.68 Å². The smallest absolute Gasteiger partial charge is 0.337 e. The molecule has 7 heteroatoms. The van der Waals surface area contributed by atoms with Crippen molar-refractivity contribution in [1.82, 2.24) is 9.78 Å². The summed E-state index contributed by atoms with van der Waals surface area (Å²) in [6.07, 6.45) is 2.50. The number of carboxylic acids is 1. The molecule has 0 fully saturated rings. The Kier molecular flexibility index (Phi) is 3.85. The predicted molar refractivity (Wildman–Crippen MR) is 78.7 cm³/mol. The third kappa shape index (κ3) is 2.70. The number of aromatic carboxylic acids is 1. The molecule has 20 heavy (non-hydrogen) atoms. The van der Waals surface area contributed by atoms with E-state index >= 15 is 0 Å². The number of halogens is 1. The van der Waals surface area contributed by atoms with Crippen LogP contribution in [0.5, 0.6) is 0 Å².